The minimum atomic E-state index is -0.308. The highest BCUT2D eigenvalue weighted by molar-refractivity contribution is 5.35. The van der Waals surface area contributed by atoms with Crippen molar-refractivity contribution in [3.63, 3.8) is 0 Å². The summed E-state index contributed by atoms with van der Waals surface area (Å²) in [5.74, 6) is -0.308. The number of nitrogens with zero attached hydrogens (tertiary/aromatic N) is 1. The fraction of sp³-hybridized carbons (Fsp3) is 0.600. The number of rotatable bonds is 0. The SMILES string of the molecule is C[C@H]1CC2(C[C@H]3c4ccccc4CN13)OCCO2. The Kier molecular flexibility index (Phi) is 2.31. The van der Waals surface area contributed by atoms with E-state index in [0.717, 1.165) is 32.6 Å². The fourth-order valence-electron chi connectivity index (χ4n) is 3.86. The summed E-state index contributed by atoms with van der Waals surface area (Å²) < 4.78 is 11.9. The molecule has 0 unspecified atom stereocenters. The standard InChI is InChI=1S/C15H19NO2/c1-11-8-15(17-6-7-18-15)9-14-13-5-3-2-4-12(13)10-16(11)14/h2-5,11,14H,6-10H2,1H3/t11-,14-/m0/s1. The van der Waals surface area contributed by atoms with Crippen LogP contribution in [0.15, 0.2) is 24.3 Å². The summed E-state index contributed by atoms with van der Waals surface area (Å²) in [4.78, 5) is 2.60. The average molecular weight is 245 g/mol. The molecule has 0 amide bonds. The molecule has 3 heterocycles. The Morgan fingerprint density at radius 1 is 1.17 bits per heavy atom. The van der Waals surface area contributed by atoms with Gasteiger partial charge in [-0.15, -0.1) is 0 Å². The Morgan fingerprint density at radius 3 is 2.78 bits per heavy atom. The second-order valence-electron chi connectivity index (χ2n) is 5.75. The lowest BCUT2D eigenvalue weighted by Crippen LogP contribution is -2.48. The fourth-order valence-corrected chi connectivity index (χ4v) is 3.86. The van der Waals surface area contributed by atoms with E-state index in [1.807, 2.05) is 0 Å². The molecular formula is C15H19NO2. The Bertz CT molecular complexity index is 467. The first-order chi connectivity index (χ1) is 8.77. The van der Waals surface area contributed by atoms with E-state index in [1.54, 1.807) is 0 Å². The van der Waals surface area contributed by atoms with Crippen LogP contribution in [-0.4, -0.2) is 29.9 Å². The zero-order valence-corrected chi connectivity index (χ0v) is 10.8. The van der Waals surface area contributed by atoms with Crippen molar-refractivity contribution in [2.45, 2.75) is 44.2 Å². The molecule has 0 bridgehead atoms. The number of hydrogen-bond acceptors (Lipinski definition) is 3. The lowest BCUT2D eigenvalue weighted by atomic mass is 9.89. The molecule has 0 saturated carbocycles. The second-order valence-corrected chi connectivity index (χ2v) is 5.75. The van der Waals surface area contributed by atoms with E-state index in [0.29, 0.717) is 12.1 Å². The highest BCUT2D eigenvalue weighted by atomic mass is 16.7. The smallest absolute Gasteiger partial charge is 0.171 e. The van der Waals surface area contributed by atoms with Gasteiger partial charge in [0, 0.05) is 31.5 Å². The Labute approximate surface area is 108 Å². The van der Waals surface area contributed by atoms with Crippen LogP contribution < -0.4 is 0 Å². The maximum atomic E-state index is 5.93. The van der Waals surface area contributed by atoms with E-state index in [1.165, 1.54) is 11.1 Å². The van der Waals surface area contributed by atoms with Gasteiger partial charge in [-0.1, -0.05) is 24.3 Å². The Morgan fingerprint density at radius 2 is 1.94 bits per heavy atom. The molecule has 18 heavy (non-hydrogen) atoms. The van der Waals surface area contributed by atoms with Crippen molar-refractivity contribution in [3.8, 4) is 0 Å². The lowest BCUT2D eigenvalue weighted by molar-refractivity contribution is -0.207. The minimum absolute atomic E-state index is 0.308. The minimum Gasteiger partial charge on any atom is -0.347 e. The summed E-state index contributed by atoms with van der Waals surface area (Å²) in [6, 6.07) is 9.80. The second kappa shape index (κ2) is 3.80. The van der Waals surface area contributed by atoms with Crippen LogP contribution in [0.3, 0.4) is 0 Å². The quantitative estimate of drug-likeness (QED) is 0.701. The van der Waals surface area contributed by atoms with Gasteiger partial charge in [-0.05, 0) is 18.1 Å². The number of benzene rings is 1. The van der Waals surface area contributed by atoms with Crippen molar-refractivity contribution in [3.05, 3.63) is 35.4 Å². The van der Waals surface area contributed by atoms with Crippen LogP contribution in [0, 0.1) is 0 Å². The first-order valence-corrected chi connectivity index (χ1v) is 6.89. The molecule has 4 rings (SSSR count). The maximum Gasteiger partial charge on any atom is 0.171 e. The van der Waals surface area contributed by atoms with E-state index in [9.17, 15) is 0 Å². The summed E-state index contributed by atoms with van der Waals surface area (Å²) >= 11 is 0. The zero-order valence-electron chi connectivity index (χ0n) is 10.8. The Hall–Kier alpha value is -0.900. The van der Waals surface area contributed by atoms with Crippen LogP contribution in [0.25, 0.3) is 0 Å². The predicted molar refractivity (Wildman–Crippen MR) is 68.1 cm³/mol. The summed E-state index contributed by atoms with van der Waals surface area (Å²) in [6.45, 7) is 4.88. The van der Waals surface area contributed by atoms with Crippen molar-refractivity contribution in [1.82, 2.24) is 4.90 Å². The molecule has 0 aromatic heterocycles. The number of hydrogen-bond donors (Lipinski definition) is 0. The first kappa shape index (κ1) is 11.0. The highest BCUT2D eigenvalue weighted by Gasteiger charge is 2.49. The molecule has 96 valence electrons. The van der Waals surface area contributed by atoms with Crippen LogP contribution in [0.1, 0.15) is 36.9 Å². The molecule has 2 fully saturated rings. The van der Waals surface area contributed by atoms with E-state index in [-0.39, 0.29) is 5.79 Å². The van der Waals surface area contributed by atoms with E-state index >= 15 is 0 Å². The van der Waals surface area contributed by atoms with Crippen molar-refractivity contribution in [1.29, 1.82) is 0 Å². The van der Waals surface area contributed by atoms with Crippen LogP contribution in [0.2, 0.25) is 0 Å². The van der Waals surface area contributed by atoms with Gasteiger partial charge in [-0.25, -0.2) is 0 Å². The molecule has 1 aromatic rings. The molecule has 0 radical (unpaired) electrons. The first-order valence-electron chi connectivity index (χ1n) is 6.89. The van der Waals surface area contributed by atoms with E-state index < -0.39 is 0 Å². The molecule has 3 aliphatic heterocycles. The third-order valence-electron chi connectivity index (χ3n) is 4.66. The van der Waals surface area contributed by atoms with Gasteiger partial charge in [0.1, 0.15) is 0 Å². The largest absolute Gasteiger partial charge is 0.347 e. The van der Waals surface area contributed by atoms with Gasteiger partial charge in [-0.3, -0.25) is 4.90 Å². The van der Waals surface area contributed by atoms with Crippen molar-refractivity contribution >= 4 is 0 Å². The highest BCUT2D eigenvalue weighted by Crippen LogP contribution is 2.48. The maximum absolute atomic E-state index is 5.93. The molecule has 0 N–H and O–H groups in total. The molecule has 2 saturated heterocycles. The van der Waals surface area contributed by atoms with Gasteiger partial charge in [0.05, 0.1) is 13.2 Å². The summed E-state index contributed by atoms with van der Waals surface area (Å²) in [5, 5.41) is 0. The third-order valence-corrected chi connectivity index (χ3v) is 4.66. The topological polar surface area (TPSA) is 21.7 Å². The van der Waals surface area contributed by atoms with Gasteiger partial charge in [0.25, 0.3) is 0 Å². The van der Waals surface area contributed by atoms with Gasteiger partial charge >= 0.3 is 0 Å². The third kappa shape index (κ3) is 1.48. The predicted octanol–water partition coefficient (Wildman–Crippen LogP) is 2.47. The van der Waals surface area contributed by atoms with E-state index in [2.05, 4.69) is 36.1 Å². The van der Waals surface area contributed by atoms with Crippen molar-refractivity contribution in [2.24, 2.45) is 0 Å². The molecular weight excluding hydrogens is 226 g/mol. The molecule has 0 aliphatic carbocycles. The molecule has 1 spiro atoms. The van der Waals surface area contributed by atoms with Gasteiger partial charge < -0.3 is 9.47 Å². The normalized spacial score (nSPS) is 33.6. The summed E-state index contributed by atoms with van der Waals surface area (Å²) in [7, 11) is 0. The molecule has 3 aliphatic rings. The van der Waals surface area contributed by atoms with Gasteiger partial charge in [0.2, 0.25) is 0 Å². The number of fused-ring (bicyclic) bond motifs is 3. The molecule has 3 nitrogen and oxygen atoms in total. The van der Waals surface area contributed by atoms with Gasteiger partial charge in [-0.2, -0.15) is 0 Å². The molecule has 1 aromatic carbocycles. The lowest BCUT2D eigenvalue weighted by Gasteiger charge is -2.44. The molecule has 2 atom stereocenters. The summed E-state index contributed by atoms with van der Waals surface area (Å²) in [5.41, 5.74) is 2.95. The van der Waals surface area contributed by atoms with Gasteiger partial charge in [0.15, 0.2) is 5.79 Å². The Balaban J connectivity index is 1.71. The van der Waals surface area contributed by atoms with Crippen molar-refractivity contribution in [2.75, 3.05) is 13.2 Å². The number of piperidine rings is 1. The van der Waals surface area contributed by atoms with Crippen molar-refractivity contribution < 1.29 is 9.47 Å². The molecule has 3 heteroatoms. The monoisotopic (exact) mass is 245 g/mol. The summed E-state index contributed by atoms with van der Waals surface area (Å²) in [6.07, 6.45) is 1.98. The van der Waals surface area contributed by atoms with Crippen LogP contribution >= 0.6 is 0 Å². The van der Waals surface area contributed by atoms with Crippen LogP contribution in [0.4, 0.5) is 0 Å². The average Bonchev–Trinajstić information content (AvgIpc) is 2.96. The van der Waals surface area contributed by atoms with Crippen LogP contribution in [0.5, 0.6) is 0 Å². The van der Waals surface area contributed by atoms with E-state index in [4.69, 9.17) is 9.47 Å². The number of ether oxygens (including phenoxy) is 2. The zero-order chi connectivity index (χ0) is 12.2. The van der Waals surface area contributed by atoms with Crippen LogP contribution in [-0.2, 0) is 16.0 Å².